The van der Waals surface area contributed by atoms with E-state index < -0.39 is 0 Å². The Morgan fingerprint density at radius 1 is 1.15 bits per heavy atom. The number of anilines is 1. The number of hydrogen-bond donors (Lipinski definition) is 0. The Morgan fingerprint density at radius 3 is 2.80 bits per heavy atom. The quantitative estimate of drug-likeness (QED) is 0.820. The van der Waals surface area contributed by atoms with Crippen LogP contribution in [-0.2, 0) is 0 Å². The van der Waals surface area contributed by atoms with Crippen LogP contribution in [0.4, 0.5) is 5.69 Å². The largest absolute Gasteiger partial charge is 0.496 e. The molecule has 2 aliphatic rings. The van der Waals surface area contributed by atoms with Crippen LogP contribution in [0.25, 0.3) is 0 Å². The van der Waals surface area contributed by atoms with Crippen LogP contribution in [0.3, 0.4) is 0 Å². The molecule has 1 unspecified atom stereocenters. The molecule has 1 aromatic carbocycles. The highest BCUT2D eigenvalue weighted by Gasteiger charge is 2.27. The number of methoxy groups -OCH3 is 1. The molecule has 1 aromatic rings. The van der Waals surface area contributed by atoms with Crippen molar-refractivity contribution in [3.8, 4) is 5.75 Å². The molecule has 0 bridgehead atoms. The Morgan fingerprint density at radius 2 is 2.00 bits per heavy atom. The van der Waals surface area contributed by atoms with E-state index in [1.54, 1.807) is 7.11 Å². The first-order valence-electron chi connectivity index (χ1n) is 7.60. The van der Waals surface area contributed by atoms with Crippen molar-refractivity contribution in [3.05, 3.63) is 22.7 Å². The summed E-state index contributed by atoms with van der Waals surface area (Å²) < 4.78 is 6.37. The van der Waals surface area contributed by atoms with Crippen molar-refractivity contribution >= 4 is 21.6 Å². The highest BCUT2D eigenvalue weighted by atomic mass is 79.9. The standard InChI is InChI=1S/C16H23BrN2O/c1-20-16-7-6-13(11-15(16)17)19-10-4-9-18-8-3-2-5-14(18)12-19/h6-7,11,14H,2-5,8-10,12H2,1H3. The molecule has 0 N–H and O–H groups in total. The lowest BCUT2D eigenvalue weighted by Crippen LogP contribution is -2.44. The zero-order valence-electron chi connectivity index (χ0n) is 12.1. The molecule has 2 fully saturated rings. The van der Waals surface area contributed by atoms with E-state index in [2.05, 4.69) is 43.9 Å². The van der Waals surface area contributed by atoms with Crippen molar-refractivity contribution in [1.82, 2.24) is 4.90 Å². The molecule has 3 rings (SSSR count). The minimum absolute atomic E-state index is 0.743. The van der Waals surface area contributed by atoms with Crippen molar-refractivity contribution < 1.29 is 4.74 Å². The zero-order valence-corrected chi connectivity index (χ0v) is 13.7. The van der Waals surface area contributed by atoms with Gasteiger partial charge in [-0.3, -0.25) is 4.90 Å². The third kappa shape index (κ3) is 2.96. The maximum Gasteiger partial charge on any atom is 0.133 e. The van der Waals surface area contributed by atoms with Crippen LogP contribution in [0.15, 0.2) is 22.7 Å². The first-order chi connectivity index (χ1) is 9.78. The van der Waals surface area contributed by atoms with Crippen LogP contribution in [-0.4, -0.2) is 44.2 Å². The number of halogens is 1. The highest BCUT2D eigenvalue weighted by molar-refractivity contribution is 9.10. The van der Waals surface area contributed by atoms with E-state index in [1.165, 1.54) is 51.0 Å². The van der Waals surface area contributed by atoms with E-state index in [0.29, 0.717) is 0 Å². The second-order valence-corrected chi connectivity index (χ2v) is 6.66. The predicted octanol–water partition coefficient (Wildman–Crippen LogP) is 3.52. The third-order valence-electron chi connectivity index (χ3n) is 4.55. The summed E-state index contributed by atoms with van der Waals surface area (Å²) >= 11 is 3.60. The summed E-state index contributed by atoms with van der Waals surface area (Å²) in [6.07, 6.45) is 5.39. The topological polar surface area (TPSA) is 15.7 Å². The van der Waals surface area contributed by atoms with Gasteiger partial charge < -0.3 is 9.64 Å². The number of ether oxygens (including phenoxy) is 1. The number of hydrogen-bond acceptors (Lipinski definition) is 3. The van der Waals surface area contributed by atoms with Gasteiger partial charge in [0.1, 0.15) is 5.75 Å². The second-order valence-electron chi connectivity index (χ2n) is 5.80. The Bertz CT molecular complexity index is 466. The molecular weight excluding hydrogens is 316 g/mol. The number of piperidine rings is 1. The summed E-state index contributed by atoms with van der Waals surface area (Å²) in [4.78, 5) is 5.24. The van der Waals surface area contributed by atoms with Crippen molar-refractivity contribution in [2.75, 3.05) is 38.2 Å². The van der Waals surface area contributed by atoms with Crippen LogP contribution < -0.4 is 9.64 Å². The van der Waals surface area contributed by atoms with Gasteiger partial charge in [-0.25, -0.2) is 0 Å². The van der Waals surface area contributed by atoms with Crippen molar-refractivity contribution in [1.29, 1.82) is 0 Å². The molecule has 1 atom stereocenters. The average Bonchev–Trinajstić information content (AvgIpc) is 2.69. The van der Waals surface area contributed by atoms with Crippen LogP contribution >= 0.6 is 15.9 Å². The molecule has 0 aromatic heterocycles. The highest BCUT2D eigenvalue weighted by Crippen LogP contribution is 2.31. The zero-order chi connectivity index (χ0) is 13.9. The van der Waals surface area contributed by atoms with Crippen molar-refractivity contribution in [2.45, 2.75) is 31.7 Å². The lowest BCUT2D eigenvalue weighted by atomic mass is 10.0. The second kappa shape index (κ2) is 6.35. The van der Waals surface area contributed by atoms with E-state index >= 15 is 0 Å². The normalized spacial score (nSPS) is 24.1. The molecule has 0 amide bonds. The molecule has 2 saturated heterocycles. The van der Waals surface area contributed by atoms with Gasteiger partial charge in [0.15, 0.2) is 0 Å². The first-order valence-corrected chi connectivity index (χ1v) is 8.40. The van der Waals surface area contributed by atoms with Gasteiger partial charge in [-0.05, 0) is 59.9 Å². The van der Waals surface area contributed by atoms with Crippen LogP contribution in [0.5, 0.6) is 5.75 Å². The van der Waals surface area contributed by atoms with E-state index in [1.807, 2.05) is 0 Å². The minimum Gasteiger partial charge on any atom is -0.496 e. The lowest BCUT2D eigenvalue weighted by Gasteiger charge is -2.36. The van der Waals surface area contributed by atoms with Gasteiger partial charge in [0.2, 0.25) is 0 Å². The van der Waals surface area contributed by atoms with Gasteiger partial charge in [0.05, 0.1) is 11.6 Å². The number of nitrogens with zero attached hydrogens (tertiary/aromatic N) is 2. The number of rotatable bonds is 2. The summed E-state index contributed by atoms with van der Waals surface area (Å²) in [5.74, 6) is 0.905. The fraction of sp³-hybridized carbons (Fsp3) is 0.625. The maximum absolute atomic E-state index is 5.32. The molecule has 0 saturated carbocycles. The predicted molar refractivity (Wildman–Crippen MR) is 86.7 cm³/mol. The molecule has 0 aliphatic carbocycles. The minimum atomic E-state index is 0.743. The Kier molecular flexibility index (Phi) is 4.51. The van der Waals surface area contributed by atoms with Crippen LogP contribution in [0.2, 0.25) is 0 Å². The van der Waals surface area contributed by atoms with Gasteiger partial charge in [-0.1, -0.05) is 6.42 Å². The Labute approximate surface area is 130 Å². The summed E-state index contributed by atoms with van der Waals surface area (Å²) in [7, 11) is 1.71. The van der Waals surface area contributed by atoms with E-state index in [-0.39, 0.29) is 0 Å². The molecule has 2 aliphatic heterocycles. The molecular formula is C16H23BrN2O. The Hall–Kier alpha value is -0.740. The van der Waals surface area contributed by atoms with Crippen LogP contribution in [0.1, 0.15) is 25.7 Å². The van der Waals surface area contributed by atoms with Gasteiger partial charge in [-0.15, -0.1) is 0 Å². The fourth-order valence-corrected chi connectivity index (χ4v) is 3.99. The van der Waals surface area contributed by atoms with Gasteiger partial charge in [-0.2, -0.15) is 0 Å². The number of fused-ring (bicyclic) bond motifs is 1. The van der Waals surface area contributed by atoms with E-state index in [0.717, 1.165) is 22.8 Å². The molecule has 0 radical (unpaired) electrons. The molecule has 2 heterocycles. The summed E-state index contributed by atoms with van der Waals surface area (Å²) in [6.45, 7) is 4.88. The summed E-state index contributed by atoms with van der Waals surface area (Å²) in [5.41, 5.74) is 1.31. The average molecular weight is 339 g/mol. The van der Waals surface area contributed by atoms with E-state index in [9.17, 15) is 0 Å². The third-order valence-corrected chi connectivity index (χ3v) is 5.17. The molecule has 20 heavy (non-hydrogen) atoms. The summed E-state index contributed by atoms with van der Waals surface area (Å²) in [5, 5.41) is 0. The summed E-state index contributed by atoms with van der Waals surface area (Å²) in [6, 6.07) is 7.18. The van der Waals surface area contributed by atoms with Crippen molar-refractivity contribution in [3.63, 3.8) is 0 Å². The van der Waals surface area contributed by atoms with Crippen LogP contribution in [0, 0.1) is 0 Å². The maximum atomic E-state index is 5.32. The smallest absolute Gasteiger partial charge is 0.133 e. The Balaban J connectivity index is 1.77. The SMILES string of the molecule is COc1ccc(N2CCCN3CCCCC3C2)cc1Br. The molecule has 110 valence electrons. The lowest BCUT2D eigenvalue weighted by molar-refractivity contribution is 0.162. The monoisotopic (exact) mass is 338 g/mol. The van der Waals surface area contributed by atoms with Gasteiger partial charge >= 0.3 is 0 Å². The van der Waals surface area contributed by atoms with Crippen molar-refractivity contribution in [2.24, 2.45) is 0 Å². The number of benzene rings is 1. The van der Waals surface area contributed by atoms with Gasteiger partial charge in [0.25, 0.3) is 0 Å². The van der Waals surface area contributed by atoms with Gasteiger partial charge in [0, 0.05) is 31.4 Å². The van der Waals surface area contributed by atoms with E-state index in [4.69, 9.17) is 4.74 Å². The molecule has 3 nitrogen and oxygen atoms in total. The first kappa shape index (κ1) is 14.2. The molecule has 0 spiro atoms. The fourth-order valence-electron chi connectivity index (χ4n) is 3.46. The molecule has 4 heteroatoms.